The summed E-state index contributed by atoms with van der Waals surface area (Å²) >= 11 is 0. The summed E-state index contributed by atoms with van der Waals surface area (Å²) in [7, 11) is 2.91. The predicted molar refractivity (Wildman–Crippen MR) is 112 cm³/mol. The summed E-state index contributed by atoms with van der Waals surface area (Å²) in [5.74, 6) is -0.0829. The van der Waals surface area contributed by atoms with Gasteiger partial charge in [0.15, 0.2) is 11.5 Å². The minimum Gasteiger partial charge on any atom is -0.493 e. The molecule has 166 valence electrons. The molecule has 0 radical (unpaired) electrons. The summed E-state index contributed by atoms with van der Waals surface area (Å²) in [5.41, 5.74) is 5.68. The van der Waals surface area contributed by atoms with Crippen LogP contribution in [-0.4, -0.2) is 37.5 Å². The number of rotatable bonds is 9. The molecule has 2 aromatic rings. The van der Waals surface area contributed by atoms with Gasteiger partial charge in [-0.05, 0) is 42.3 Å². The van der Waals surface area contributed by atoms with E-state index in [1.807, 2.05) is 31.2 Å². The second-order valence-electron chi connectivity index (χ2n) is 6.99. The third kappa shape index (κ3) is 5.49. The highest BCUT2D eigenvalue weighted by Crippen LogP contribution is 2.33. The Kier molecular flexibility index (Phi) is 7.41. The first kappa shape index (κ1) is 22.5. The van der Waals surface area contributed by atoms with Gasteiger partial charge in [0.05, 0.1) is 32.2 Å². The molecule has 0 aromatic heterocycles. The van der Waals surface area contributed by atoms with Crippen LogP contribution < -0.4 is 15.0 Å². The van der Waals surface area contributed by atoms with E-state index >= 15 is 0 Å². The van der Waals surface area contributed by atoms with Gasteiger partial charge < -0.3 is 9.47 Å². The lowest BCUT2D eigenvalue weighted by atomic mass is 9.89. The van der Waals surface area contributed by atoms with Crippen molar-refractivity contribution in [3.63, 3.8) is 0 Å². The highest BCUT2D eigenvalue weighted by atomic mass is 19.3. The first-order valence-electron chi connectivity index (χ1n) is 9.85. The van der Waals surface area contributed by atoms with Crippen LogP contribution >= 0.6 is 0 Å². The van der Waals surface area contributed by atoms with Crippen molar-refractivity contribution in [2.45, 2.75) is 32.9 Å². The number of anilines is 1. The lowest BCUT2D eigenvalue weighted by molar-refractivity contribution is -0.133. The number of methoxy groups -OCH3 is 1. The van der Waals surface area contributed by atoms with E-state index in [9.17, 15) is 13.6 Å². The number of nitrogens with zero attached hydrogens (tertiary/aromatic N) is 2. The van der Waals surface area contributed by atoms with Gasteiger partial charge in [-0.25, -0.2) is 5.01 Å². The number of nitrogens with one attached hydrogen (secondary N) is 1. The standard InChI is InChI=1S/C22H25F2N3O4/c1-4-15-12-20(28)27(13-14-5-8-17(9-6-14)26-30-3)25-21(15)16-7-10-18(29-2)19(11-16)31-22(23)24/h5-11,15,22,26H,4,12-13H2,1-3H3. The number of hydrazone groups is 1. The normalized spacial score (nSPS) is 16.3. The van der Waals surface area contributed by atoms with Crippen LogP contribution in [0.5, 0.6) is 11.5 Å². The third-order valence-electron chi connectivity index (χ3n) is 5.00. The lowest BCUT2D eigenvalue weighted by Gasteiger charge is -2.29. The molecule has 1 aliphatic heterocycles. The van der Waals surface area contributed by atoms with Gasteiger partial charge in [-0.1, -0.05) is 19.1 Å². The SMILES string of the molecule is CCC1CC(=O)N(Cc2ccc(NOC)cc2)N=C1c1ccc(OC)c(OC(F)F)c1. The van der Waals surface area contributed by atoms with Gasteiger partial charge in [0.25, 0.3) is 0 Å². The predicted octanol–water partition coefficient (Wildman–Crippen LogP) is 4.43. The molecule has 1 atom stereocenters. The Hall–Kier alpha value is -3.20. The molecule has 1 amide bonds. The van der Waals surface area contributed by atoms with E-state index in [-0.39, 0.29) is 29.7 Å². The molecule has 0 spiro atoms. The largest absolute Gasteiger partial charge is 0.493 e. The molecule has 0 bridgehead atoms. The summed E-state index contributed by atoms with van der Waals surface area (Å²) in [6.07, 6.45) is 0.975. The molecule has 0 saturated heterocycles. The van der Waals surface area contributed by atoms with Crippen LogP contribution in [0.15, 0.2) is 47.6 Å². The Bertz CT molecular complexity index is 935. The van der Waals surface area contributed by atoms with Gasteiger partial charge >= 0.3 is 6.61 Å². The van der Waals surface area contributed by atoms with Crippen molar-refractivity contribution in [2.75, 3.05) is 19.7 Å². The van der Waals surface area contributed by atoms with E-state index in [1.165, 1.54) is 25.3 Å². The Morgan fingerprint density at radius 1 is 1.16 bits per heavy atom. The molecule has 1 heterocycles. The number of halogens is 2. The number of carbonyl (C=O) groups is 1. The smallest absolute Gasteiger partial charge is 0.387 e. The zero-order valence-electron chi connectivity index (χ0n) is 17.6. The van der Waals surface area contributed by atoms with Crippen molar-refractivity contribution in [1.82, 2.24) is 5.01 Å². The number of benzene rings is 2. The summed E-state index contributed by atoms with van der Waals surface area (Å²) in [6, 6.07) is 12.2. The van der Waals surface area contributed by atoms with Gasteiger partial charge in [0.1, 0.15) is 0 Å². The number of hydrogen-bond donors (Lipinski definition) is 1. The molecule has 31 heavy (non-hydrogen) atoms. The van der Waals surface area contributed by atoms with Gasteiger partial charge in [0, 0.05) is 17.9 Å². The second-order valence-corrected chi connectivity index (χ2v) is 6.99. The van der Waals surface area contributed by atoms with E-state index in [0.717, 1.165) is 11.3 Å². The van der Waals surface area contributed by atoms with Crippen molar-refractivity contribution >= 4 is 17.3 Å². The summed E-state index contributed by atoms with van der Waals surface area (Å²) in [4.78, 5) is 17.5. The highest BCUT2D eigenvalue weighted by molar-refractivity contribution is 6.06. The van der Waals surface area contributed by atoms with Crippen LogP contribution in [0, 0.1) is 5.92 Å². The van der Waals surface area contributed by atoms with E-state index in [2.05, 4.69) is 15.3 Å². The first-order chi connectivity index (χ1) is 14.9. The first-order valence-corrected chi connectivity index (χ1v) is 9.85. The molecule has 0 fully saturated rings. The summed E-state index contributed by atoms with van der Waals surface area (Å²) in [5, 5.41) is 6.01. The minimum atomic E-state index is -2.98. The van der Waals surface area contributed by atoms with E-state index in [1.54, 1.807) is 12.1 Å². The second kappa shape index (κ2) is 10.2. The van der Waals surface area contributed by atoms with Crippen LogP contribution in [0.2, 0.25) is 0 Å². The fraction of sp³-hybridized carbons (Fsp3) is 0.364. The Morgan fingerprint density at radius 2 is 1.90 bits per heavy atom. The minimum absolute atomic E-state index is 0.0720. The molecular formula is C22H25F2N3O4. The molecule has 1 N–H and O–H groups in total. The third-order valence-corrected chi connectivity index (χ3v) is 5.00. The molecule has 1 unspecified atom stereocenters. The molecule has 1 aliphatic rings. The average molecular weight is 433 g/mol. The Morgan fingerprint density at radius 3 is 2.52 bits per heavy atom. The quantitative estimate of drug-likeness (QED) is 0.593. The van der Waals surface area contributed by atoms with E-state index in [4.69, 9.17) is 9.57 Å². The maximum absolute atomic E-state index is 12.8. The zero-order chi connectivity index (χ0) is 22.4. The molecule has 0 saturated carbocycles. The van der Waals surface area contributed by atoms with Crippen LogP contribution in [0.1, 0.15) is 30.9 Å². The fourth-order valence-electron chi connectivity index (χ4n) is 3.43. The topological polar surface area (TPSA) is 72.4 Å². The number of alkyl halides is 2. The van der Waals surface area contributed by atoms with Crippen molar-refractivity contribution in [3.05, 3.63) is 53.6 Å². The summed E-state index contributed by atoms with van der Waals surface area (Å²) in [6.45, 7) is -0.721. The van der Waals surface area contributed by atoms with Crippen molar-refractivity contribution < 1.29 is 27.9 Å². The lowest BCUT2D eigenvalue weighted by Crippen LogP contribution is -2.36. The number of ether oxygens (including phenoxy) is 2. The van der Waals surface area contributed by atoms with Gasteiger partial charge in [-0.2, -0.15) is 13.9 Å². The van der Waals surface area contributed by atoms with Crippen molar-refractivity contribution in [3.8, 4) is 11.5 Å². The molecule has 9 heteroatoms. The van der Waals surface area contributed by atoms with E-state index < -0.39 is 6.61 Å². The van der Waals surface area contributed by atoms with E-state index in [0.29, 0.717) is 24.2 Å². The van der Waals surface area contributed by atoms with Crippen LogP contribution in [0.4, 0.5) is 14.5 Å². The Balaban J connectivity index is 1.90. The fourth-order valence-corrected chi connectivity index (χ4v) is 3.43. The van der Waals surface area contributed by atoms with Gasteiger partial charge in [-0.3, -0.25) is 15.1 Å². The number of hydrogen-bond acceptors (Lipinski definition) is 6. The molecule has 2 aromatic carbocycles. The van der Waals surface area contributed by atoms with Crippen molar-refractivity contribution in [1.29, 1.82) is 0 Å². The molecular weight excluding hydrogens is 408 g/mol. The Labute approximate surface area is 179 Å². The van der Waals surface area contributed by atoms with Crippen LogP contribution in [-0.2, 0) is 16.2 Å². The van der Waals surface area contributed by atoms with Gasteiger partial charge in [-0.15, -0.1) is 0 Å². The monoisotopic (exact) mass is 433 g/mol. The molecule has 7 nitrogen and oxygen atoms in total. The summed E-state index contributed by atoms with van der Waals surface area (Å²) < 4.78 is 35.3. The van der Waals surface area contributed by atoms with Crippen LogP contribution in [0.25, 0.3) is 0 Å². The average Bonchev–Trinajstić information content (AvgIpc) is 2.76. The number of amides is 1. The highest BCUT2D eigenvalue weighted by Gasteiger charge is 2.30. The zero-order valence-corrected chi connectivity index (χ0v) is 17.6. The van der Waals surface area contributed by atoms with Crippen LogP contribution in [0.3, 0.4) is 0 Å². The van der Waals surface area contributed by atoms with Gasteiger partial charge in [0.2, 0.25) is 5.91 Å². The maximum Gasteiger partial charge on any atom is 0.387 e. The maximum atomic E-state index is 12.8. The molecule has 3 rings (SSSR count). The number of carbonyl (C=O) groups excluding carboxylic acids is 1. The van der Waals surface area contributed by atoms with Crippen molar-refractivity contribution in [2.24, 2.45) is 11.0 Å². The molecule has 0 aliphatic carbocycles.